The highest BCUT2D eigenvalue weighted by Crippen LogP contribution is 2.20. The SMILES string of the molecule is CCc1nnc(Cl)n1C(C)Cc1ccccc1. The van der Waals surface area contributed by atoms with Crippen LogP contribution < -0.4 is 0 Å². The van der Waals surface area contributed by atoms with Crippen molar-refractivity contribution in [2.75, 3.05) is 0 Å². The highest BCUT2D eigenvalue weighted by atomic mass is 35.5. The van der Waals surface area contributed by atoms with Crippen LogP contribution in [0.25, 0.3) is 0 Å². The van der Waals surface area contributed by atoms with Gasteiger partial charge in [0.25, 0.3) is 0 Å². The lowest BCUT2D eigenvalue weighted by molar-refractivity contribution is 0.523. The van der Waals surface area contributed by atoms with E-state index >= 15 is 0 Å². The molecule has 0 amide bonds. The van der Waals surface area contributed by atoms with E-state index < -0.39 is 0 Å². The maximum absolute atomic E-state index is 6.07. The minimum absolute atomic E-state index is 0.273. The first-order valence-electron chi connectivity index (χ1n) is 5.85. The summed E-state index contributed by atoms with van der Waals surface area (Å²) in [7, 11) is 0. The number of nitrogens with zero attached hydrogens (tertiary/aromatic N) is 3. The van der Waals surface area contributed by atoms with Crippen LogP contribution in [-0.2, 0) is 12.8 Å². The van der Waals surface area contributed by atoms with E-state index in [2.05, 4.69) is 48.3 Å². The Labute approximate surface area is 106 Å². The molecule has 2 aromatic rings. The topological polar surface area (TPSA) is 30.7 Å². The molecular formula is C13H16ClN3. The van der Waals surface area contributed by atoms with Gasteiger partial charge in [0, 0.05) is 12.5 Å². The average molecular weight is 250 g/mol. The Kier molecular flexibility index (Phi) is 3.79. The van der Waals surface area contributed by atoms with E-state index in [9.17, 15) is 0 Å². The molecule has 2 rings (SSSR count). The second-order valence-corrected chi connectivity index (χ2v) is 4.49. The minimum atomic E-state index is 0.273. The van der Waals surface area contributed by atoms with E-state index in [4.69, 9.17) is 11.6 Å². The van der Waals surface area contributed by atoms with Crippen LogP contribution in [0.1, 0.15) is 31.3 Å². The largest absolute Gasteiger partial charge is 0.299 e. The van der Waals surface area contributed by atoms with E-state index in [1.54, 1.807) is 0 Å². The summed E-state index contributed by atoms with van der Waals surface area (Å²) in [6.45, 7) is 4.20. The van der Waals surface area contributed by atoms with Crippen molar-refractivity contribution in [2.45, 2.75) is 32.7 Å². The molecule has 0 bridgehead atoms. The summed E-state index contributed by atoms with van der Waals surface area (Å²) in [4.78, 5) is 0. The number of halogens is 1. The van der Waals surface area contributed by atoms with Gasteiger partial charge >= 0.3 is 0 Å². The molecule has 0 aliphatic heterocycles. The highest BCUT2D eigenvalue weighted by molar-refractivity contribution is 6.28. The van der Waals surface area contributed by atoms with Crippen molar-refractivity contribution in [3.63, 3.8) is 0 Å². The lowest BCUT2D eigenvalue weighted by Gasteiger charge is -2.16. The summed E-state index contributed by atoms with van der Waals surface area (Å²) in [6.07, 6.45) is 1.78. The van der Waals surface area contributed by atoms with Gasteiger partial charge in [-0.2, -0.15) is 0 Å². The van der Waals surface area contributed by atoms with Gasteiger partial charge in [-0.1, -0.05) is 37.3 Å². The van der Waals surface area contributed by atoms with Crippen molar-refractivity contribution in [2.24, 2.45) is 0 Å². The number of benzene rings is 1. The average Bonchev–Trinajstić information content (AvgIpc) is 2.71. The number of rotatable bonds is 4. The van der Waals surface area contributed by atoms with Crippen LogP contribution in [-0.4, -0.2) is 14.8 Å². The van der Waals surface area contributed by atoms with Gasteiger partial charge in [-0.3, -0.25) is 4.57 Å². The Morgan fingerprint density at radius 2 is 1.94 bits per heavy atom. The maximum atomic E-state index is 6.07. The minimum Gasteiger partial charge on any atom is -0.299 e. The molecule has 3 nitrogen and oxygen atoms in total. The molecule has 0 fully saturated rings. The van der Waals surface area contributed by atoms with Crippen molar-refractivity contribution in [3.05, 3.63) is 47.0 Å². The van der Waals surface area contributed by atoms with E-state index in [0.29, 0.717) is 5.28 Å². The zero-order valence-electron chi connectivity index (χ0n) is 10.1. The molecule has 0 saturated carbocycles. The van der Waals surface area contributed by atoms with Gasteiger partial charge in [-0.15, -0.1) is 10.2 Å². The Morgan fingerprint density at radius 1 is 1.24 bits per heavy atom. The van der Waals surface area contributed by atoms with Crippen LogP contribution in [0.2, 0.25) is 5.28 Å². The monoisotopic (exact) mass is 249 g/mol. The molecular weight excluding hydrogens is 234 g/mol. The first kappa shape index (κ1) is 12.1. The van der Waals surface area contributed by atoms with E-state index in [1.807, 2.05) is 10.6 Å². The summed E-state index contributed by atoms with van der Waals surface area (Å²) in [6, 6.07) is 10.7. The summed E-state index contributed by atoms with van der Waals surface area (Å²) in [5.74, 6) is 0.943. The van der Waals surface area contributed by atoms with Gasteiger partial charge in [0.2, 0.25) is 5.28 Å². The van der Waals surface area contributed by atoms with Gasteiger partial charge < -0.3 is 0 Å². The molecule has 0 aliphatic carbocycles. The maximum Gasteiger partial charge on any atom is 0.225 e. The molecule has 1 atom stereocenters. The predicted octanol–water partition coefficient (Wildman–Crippen LogP) is 3.30. The summed E-state index contributed by atoms with van der Waals surface area (Å²) >= 11 is 6.07. The van der Waals surface area contributed by atoms with Gasteiger partial charge in [0.1, 0.15) is 5.82 Å². The molecule has 0 saturated heterocycles. The first-order chi connectivity index (χ1) is 8.22. The zero-order chi connectivity index (χ0) is 12.3. The summed E-state index contributed by atoms with van der Waals surface area (Å²) in [5.41, 5.74) is 1.30. The number of hydrogen-bond donors (Lipinski definition) is 0. The van der Waals surface area contributed by atoms with Crippen molar-refractivity contribution < 1.29 is 0 Å². The number of aromatic nitrogens is 3. The number of aryl methyl sites for hydroxylation is 1. The summed E-state index contributed by atoms with van der Waals surface area (Å²) < 4.78 is 2.01. The summed E-state index contributed by atoms with van der Waals surface area (Å²) in [5, 5.41) is 8.48. The van der Waals surface area contributed by atoms with E-state index in [-0.39, 0.29) is 6.04 Å². The molecule has 0 radical (unpaired) electrons. The third-order valence-electron chi connectivity index (χ3n) is 2.86. The van der Waals surface area contributed by atoms with Crippen LogP contribution in [0.5, 0.6) is 0 Å². The molecule has 1 heterocycles. The van der Waals surface area contributed by atoms with Crippen LogP contribution in [0, 0.1) is 0 Å². The fourth-order valence-electron chi connectivity index (χ4n) is 2.03. The second-order valence-electron chi connectivity index (χ2n) is 4.15. The highest BCUT2D eigenvalue weighted by Gasteiger charge is 2.15. The van der Waals surface area contributed by atoms with Crippen molar-refractivity contribution in [1.82, 2.24) is 14.8 Å². The van der Waals surface area contributed by atoms with E-state index in [0.717, 1.165) is 18.7 Å². The Bertz CT molecular complexity index is 479. The Morgan fingerprint density at radius 3 is 2.59 bits per heavy atom. The molecule has 17 heavy (non-hydrogen) atoms. The molecule has 1 aromatic heterocycles. The Balaban J connectivity index is 2.20. The zero-order valence-corrected chi connectivity index (χ0v) is 10.9. The van der Waals surface area contributed by atoms with Crippen LogP contribution in [0.4, 0.5) is 0 Å². The third-order valence-corrected chi connectivity index (χ3v) is 3.11. The molecule has 1 aromatic carbocycles. The number of hydrogen-bond acceptors (Lipinski definition) is 2. The van der Waals surface area contributed by atoms with Crippen molar-refractivity contribution in [1.29, 1.82) is 0 Å². The molecule has 0 spiro atoms. The molecule has 1 unspecified atom stereocenters. The van der Waals surface area contributed by atoms with Crippen LogP contribution in [0.3, 0.4) is 0 Å². The van der Waals surface area contributed by atoms with E-state index in [1.165, 1.54) is 5.56 Å². The van der Waals surface area contributed by atoms with Gasteiger partial charge in [-0.05, 0) is 30.5 Å². The van der Waals surface area contributed by atoms with Crippen LogP contribution in [0.15, 0.2) is 30.3 Å². The fraction of sp³-hybridized carbons (Fsp3) is 0.385. The van der Waals surface area contributed by atoms with Crippen LogP contribution >= 0.6 is 11.6 Å². The lowest BCUT2D eigenvalue weighted by Crippen LogP contribution is -2.11. The second kappa shape index (κ2) is 5.32. The smallest absolute Gasteiger partial charge is 0.225 e. The molecule has 0 aliphatic rings. The van der Waals surface area contributed by atoms with Gasteiger partial charge in [-0.25, -0.2) is 0 Å². The fourth-order valence-corrected chi connectivity index (χ4v) is 2.33. The molecule has 4 heteroatoms. The molecule has 90 valence electrons. The van der Waals surface area contributed by atoms with Crippen molar-refractivity contribution >= 4 is 11.6 Å². The lowest BCUT2D eigenvalue weighted by atomic mass is 10.1. The predicted molar refractivity (Wildman–Crippen MR) is 69.3 cm³/mol. The van der Waals surface area contributed by atoms with Gasteiger partial charge in [0.05, 0.1) is 0 Å². The first-order valence-corrected chi connectivity index (χ1v) is 6.23. The Hall–Kier alpha value is -1.35. The molecule has 0 N–H and O–H groups in total. The van der Waals surface area contributed by atoms with Gasteiger partial charge in [0.15, 0.2) is 0 Å². The normalized spacial score (nSPS) is 12.6. The van der Waals surface area contributed by atoms with Crippen molar-refractivity contribution in [3.8, 4) is 0 Å². The third kappa shape index (κ3) is 2.67. The quantitative estimate of drug-likeness (QED) is 0.833. The standard InChI is InChI=1S/C13H16ClN3/c1-3-12-15-16-13(14)17(12)10(2)9-11-7-5-4-6-8-11/h4-8,10H,3,9H2,1-2H3.